The van der Waals surface area contributed by atoms with E-state index in [0.717, 1.165) is 19.3 Å². The van der Waals surface area contributed by atoms with E-state index in [1.165, 1.54) is 37.3 Å². The first-order chi connectivity index (χ1) is 11.9. The zero-order chi connectivity index (χ0) is 18.2. The highest BCUT2D eigenvalue weighted by molar-refractivity contribution is 6.01. The Bertz CT molecular complexity index is 824. The Hall–Kier alpha value is -2.57. The van der Waals surface area contributed by atoms with Crippen LogP contribution in [0.2, 0.25) is 0 Å². The number of halogens is 1. The highest BCUT2D eigenvalue weighted by Gasteiger charge is 2.45. The van der Waals surface area contributed by atoms with Crippen molar-refractivity contribution >= 4 is 22.8 Å². The molecular weight excluding hydrogens is 327 g/mol. The lowest BCUT2D eigenvalue weighted by Gasteiger charge is -2.40. The summed E-state index contributed by atoms with van der Waals surface area (Å²) in [4.78, 5) is 28.9. The maximum atomic E-state index is 14.0. The number of amides is 1. The van der Waals surface area contributed by atoms with E-state index in [-0.39, 0.29) is 11.2 Å². The number of likely N-dealkylation sites (N-methyl/N-ethyl adjacent to an activating group) is 1. The van der Waals surface area contributed by atoms with Crippen LogP contribution in [-0.2, 0) is 4.79 Å². The second kappa shape index (κ2) is 6.38. The van der Waals surface area contributed by atoms with Crippen molar-refractivity contribution in [2.75, 3.05) is 14.2 Å². The summed E-state index contributed by atoms with van der Waals surface area (Å²) < 4.78 is 19.2. The summed E-state index contributed by atoms with van der Waals surface area (Å²) >= 11 is 0. The van der Waals surface area contributed by atoms with Crippen LogP contribution >= 0.6 is 0 Å². The quantitative estimate of drug-likeness (QED) is 0.889. The molecule has 1 aromatic carbocycles. The van der Waals surface area contributed by atoms with Gasteiger partial charge in [-0.15, -0.1) is 0 Å². The zero-order valence-electron chi connectivity index (χ0n) is 14.3. The van der Waals surface area contributed by atoms with Crippen LogP contribution < -0.4 is 4.74 Å². The topological polar surface area (TPSA) is 82.6 Å². The average Bonchev–Trinajstić information content (AvgIpc) is 3.07. The molecule has 2 aromatic rings. The number of carboxylic acid groups (broad SMARTS) is 1. The predicted molar refractivity (Wildman–Crippen MR) is 90.4 cm³/mol. The van der Waals surface area contributed by atoms with Gasteiger partial charge in [0.1, 0.15) is 22.8 Å². The number of H-pyrrole nitrogens is 1. The van der Waals surface area contributed by atoms with E-state index in [1.54, 1.807) is 0 Å². The van der Waals surface area contributed by atoms with Gasteiger partial charge in [0.15, 0.2) is 0 Å². The fourth-order valence-corrected chi connectivity index (χ4v) is 3.66. The van der Waals surface area contributed by atoms with Crippen LogP contribution in [0.15, 0.2) is 18.2 Å². The highest BCUT2D eigenvalue weighted by Crippen LogP contribution is 2.35. The molecule has 0 bridgehead atoms. The number of rotatable bonds is 4. The number of methoxy groups -OCH3 is 1. The molecule has 6 nitrogen and oxygen atoms in total. The number of carbonyl (C=O) groups excluding carboxylic acids is 1. The third-order valence-electron chi connectivity index (χ3n) is 5.18. The number of carboxylic acids is 1. The van der Waals surface area contributed by atoms with E-state index in [1.807, 2.05) is 0 Å². The molecule has 0 saturated heterocycles. The molecule has 25 heavy (non-hydrogen) atoms. The third-order valence-corrected chi connectivity index (χ3v) is 5.18. The van der Waals surface area contributed by atoms with E-state index >= 15 is 0 Å². The summed E-state index contributed by atoms with van der Waals surface area (Å²) in [5.41, 5.74) is -0.897. The molecule has 1 heterocycles. The smallest absolute Gasteiger partial charge is 0.329 e. The Morgan fingerprint density at radius 2 is 1.96 bits per heavy atom. The van der Waals surface area contributed by atoms with Gasteiger partial charge in [-0.3, -0.25) is 4.79 Å². The summed E-state index contributed by atoms with van der Waals surface area (Å²) in [6.07, 6.45) is 3.33. The third kappa shape index (κ3) is 2.73. The number of aromatic amines is 1. The number of aliphatic carboxylic acids is 1. The van der Waals surface area contributed by atoms with E-state index in [4.69, 9.17) is 4.74 Å². The number of benzene rings is 1. The Morgan fingerprint density at radius 1 is 1.28 bits per heavy atom. The van der Waals surface area contributed by atoms with E-state index in [0.29, 0.717) is 24.0 Å². The molecule has 3 rings (SSSR count). The SMILES string of the molecule is COc1ccc(F)c2[nH]c(C(=O)N(C)C3(C(=O)O)CCCCC3)cc12. The second-order valence-electron chi connectivity index (χ2n) is 6.48. The molecule has 1 saturated carbocycles. The molecule has 0 unspecified atom stereocenters. The van der Waals surface area contributed by atoms with Gasteiger partial charge in [0.05, 0.1) is 12.6 Å². The van der Waals surface area contributed by atoms with Crippen LogP contribution in [0.25, 0.3) is 10.9 Å². The van der Waals surface area contributed by atoms with E-state index in [2.05, 4.69) is 4.98 Å². The zero-order valence-corrected chi connectivity index (χ0v) is 14.3. The molecular formula is C18H21FN2O4. The van der Waals surface area contributed by atoms with Gasteiger partial charge >= 0.3 is 5.97 Å². The lowest BCUT2D eigenvalue weighted by molar-refractivity contribution is -0.151. The largest absolute Gasteiger partial charge is 0.496 e. The number of aromatic nitrogens is 1. The van der Waals surface area contributed by atoms with Gasteiger partial charge in [-0.2, -0.15) is 0 Å². The average molecular weight is 348 g/mol. The molecule has 0 aliphatic heterocycles. The van der Waals surface area contributed by atoms with Crippen LogP contribution in [0.1, 0.15) is 42.6 Å². The number of ether oxygens (including phenoxy) is 1. The first kappa shape index (κ1) is 17.3. The Balaban J connectivity index is 2.01. The Kier molecular flexibility index (Phi) is 4.41. The minimum atomic E-state index is -1.21. The van der Waals surface area contributed by atoms with Gasteiger partial charge in [0, 0.05) is 12.4 Å². The van der Waals surface area contributed by atoms with Crippen LogP contribution in [0, 0.1) is 5.82 Å². The summed E-state index contributed by atoms with van der Waals surface area (Å²) in [6.45, 7) is 0. The number of fused-ring (bicyclic) bond motifs is 1. The van der Waals surface area contributed by atoms with Crippen molar-refractivity contribution < 1.29 is 23.8 Å². The number of hydrogen-bond acceptors (Lipinski definition) is 3. The van der Waals surface area contributed by atoms with Gasteiger partial charge in [-0.05, 0) is 31.0 Å². The predicted octanol–water partition coefficient (Wildman–Crippen LogP) is 3.18. The van der Waals surface area contributed by atoms with Crippen LogP contribution in [-0.4, -0.2) is 46.6 Å². The molecule has 0 spiro atoms. The molecule has 7 heteroatoms. The molecule has 134 valence electrons. The van der Waals surface area contributed by atoms with E-state index < -0.39 is 23.2 Å². The summed E-state index contributed by atoms with van der Waals surface area (Å²) in [7, 11) is 2.97. The first-order valence-corrected chi connectivity index (χ1v) is 8.27. The summed E-state index contributed by atoms with van der Waals surface area (Å²) in [6, 6.07) is 4.26. The standard InChI is InChI=1S/C18H21FN2O4/c1-21(18(17(23)24)8-4-3-5-9-18)16(22)13-10-11-14(25-2)7-6-12(19)15(11)20-13/h6-7,10,20H,3-5,8-9H2,1-2H3,(H,23,24). The van der Waals surface area contributed by atoms with Gasteiger partial charge in [-0.1, -0.05) is 19.3 Å². The highest BCUT2D eigenvalue weighted by atomic mass is 19.1. The monoisotopic (exact) mass is 348 g/mol. The first-order valence-electron chi connectivity index (χ1n) is 8.27. The van der Waals surface area contributed by atoms with Crippen molar-refractivity contribution in [3.63, 3.8) is 0 Å². The van der Waals surface area contributed by atoms with Crippen molar-refractivity contribution in [3.05, 3.63) is 29.7 Å². The Labute approximate surface area is 144 Å². The van der Waals surface area contributed by atoms with Crippen LogP contribution in [0.3, 0.4) is 0 Å². The van der Waals surface area contributed by atoms with Crippen molar-refractivity contribution in [2.45, 2.75) is 37.6 Å². The minimum absolute atomic E-state index is 0.145. The molecule has 1 fully saturated rings. The van der Waals surface area contributed by atoms with Crippen LogP contribution in [0.4, 0.5) is 4.39 Å². The maximum Gasteiger partial charge on any atom is 0.329 e. The van der Waals surface area contributed by atoms with Crippen molar-refractivity contribution in [1.29, 1.82) is 0 Å². The van der Waals surface area contributed by atoms with Crippen molar-refractivity contribution in [2.24, 2.45) is 0 Å². The lowest BCUT2D eigenvalue weighted by atomic mass is 9.80. The fourth-order valence-electron chi connectivity index (χ4n) is 3.66. The van der Waals surface area contributed by atoms with Gasteiger partial charge in [0.2, 0.25) is 0 Å². The van der Waals surface area contributed by atoms with Gasteiger partial charge in [-0.25, -0.2) is 9.18 Å². The maximum absolute atomic E-state index is 14.0. The molecule has 0 radical (unpaired) electrons. The molecule has 1 aromatic heterocycles. The fraction of sp³-hybridized carbons (Fsp3) is 0.444. The summed E-state index contributed by atoms with van der Waals surface area (Å²) in [5.74, 6) is -1.52. The molecule has 1 aliphatic carbocycles. The van der Waals surface area contributed by atoms with E-state index in [9.17, 15) is 19.1 Å². The molecule has 0 atom stereocenters. The van der Waals surface area contributed by atoms with Crippen LogP contribution in [0.5, 0.6) is 5.75 Å². The van der Waals surface area contributed by atoms with Gasteiger partial charge < -0.3 is 19.7 Å². The molecule has 1 aliphatic rings. The lowest BCUT2D eigenvalue weighted by Crippen LogP contribution is -2.56. The van der Waals surface area contributed by atoms with Crippen molar-refractivity contribution in [3.8, 4) is 5.75 Å². The number of nitrogens with one attached hydrogen (secondary N) is 1. The second-order valence-corrected chi connectivity index (χ2v) is 6.48. The Morgan fingerprint density at radius 3 is 2.56 bits per heavy atom. The minimum Gasteiger partial charge on any atom is -0.496 e. The molecule has 1 amide bonds. The van der Waals surface area contributed by atoms with Gasteiger partial charge in [0.25, 0.3) is 5.91 Å². The number of hydrogen-bond donors (Lipinski definition) is 2. The summed E-state index contributed by atoms with van der Waals surface area (Å²) in [5, 5.41) is 10.2. The molecule has 2 N–H and O–H groups in total. The number of nitrogens with zero attached hydrogens (tertiary/aromatic N) is 1. The normalized spacial score (nSPS) is 16.6. The van der Waals surface area contributed by atoms with Crippen molar-refractivity contribution in [1.82, 2.24) is 9.88 Å². The number of carbonyl (C=O) groups is 2.